The van der Waals surface area contributed by atoms with Crippen molar-refractivity contribution >= 4 is 0 Å². The highest BCUT2D eigenvalue weighted by Gasteiger charge is 2.48. The molecule has 0 bridgehead atoms. The Balaban J connectivity index is 2.13. The normalized spacial score (nSPS) is 32.4. The van der Waals surface area contributed by atoms with Crippen LogP contribution in [-0.2, 0) is 0 Å². The van der Waals surface area contributed by atoms with Crippen LogP contribution in [0.2, 0.25) is 0 Å². The molecule has 0 aromatic rings. The molecular weight excluding hydrogens is 192 g/mol. The first kappa shape index (κ1) is 14.1. The lowest BCUT2D eigenvalue weighted by Crippen LogP contribution is -2.05. The van der Waals surface area contributed by atoms with Gasteiger partial charge < -0.3 is 0 Å². The Morgan fingerprint density at radius 2 is 1.75 bits per heavy atom. The second kappa shape index (κ2) is 6.07. The second-order valence-electron chi connectivity index (χ2n) is 6.72. The van der Waals surface area contributed by atoms with E-state index in [2.05, 4.69) is 34.6 Å². The van der Waals surface area contributed by atoms with E-state index in [0.29, 0.717) is 0 Å². The van der Waals surface area contributed by atoms with Gasteiger partial charge >= 0.3 is 0 Å². The molecule has 0 N–H and O–H groups in total. The summed E-state index contributed by atoms with van der Waals surface area (Å²) in [5, 5.41) is 0. The van der Waals surface area contributed by atoms with E-state index in [9.17, 15) is 0 Å². The van der Waals surface area contributed by atoms with Crippen molar-refractivity contribution in [1.29, 1.82) is 0 Å². The van der Waals surface area contributed by atoms with Crippen LogP contribution in [0.4, 0.5) is 0 Å². The average molecular weight is 224 g/mol. The van der Waals surface area contributed by atoms with E-state index in [1.165, 1.54) is 44.9 Å². The lowest BCUT2D eigenvalue weighted by atomic mass is 9.89. The zero-order valence-corrected chi connectivity index (χ0v) is 12.2. The fourth-order valence-corrected chi connectivity index (χ4v) is 3.06. The predicted molar refractivity (Wildman–Crippen MR) is 73.6 cm³/mol. The maximum atomic E-state index is 2.52. The lowest BCUT2D eigenvalue weighted by Gasteiger charge is -2.16. The minimum Gasteiger partial charge on any atom is -0.0651 e. The predicted octanol–water partition coefficient (Wildman–Crippen LogP) is 5.67. The minimum atomic E-state index is 0.727. The molecule has 0 radical (unpaired) electrons. The minimum absolute atomic E-state index is 0.727. The highest BCUT2D eigenvalue weighted by atomic mass is 14.5. The molecule has 1 rings (SSSR count). The average Bonchev–Trinajstić information content (AvgIpc) is 2.88. The van der Waals surface area contributed by atoms with Crippen molar-refractivity contribution in [3.05, 3.63) is 0 Å². The molecule has 4 unspecified atom stereocenters. The molecule has 1 fully saturated rings. The van der Waals surface area contributed by atoms with Gasteiger partial charge in [-0.15, -0.1) is 0 Å². The van der Waals surface area contributed by atoms with E-state index in [4.69, 9.17) is 0 Å². The van der Waals surface area contributed by atoms with Gasteiger partial charge in [0.15, 0.2) is 0 Å². The first-order chi connectivity index (χ1) is 7.51. The molecule has 1 aliphatic rings. The Morgan fingerprint density at radius 1 is 1.12 bits per heavy atom. The molecule has 0 aliphatic heterocycles. The second-order valence-corrected chi connectivity index (χ2v) is 6.72. The van der Waals surface area contributed by atoms with Gasteiger partial charge in [-0.05, 0) is 42.4 Å². The van der Waals surface area contributed by atoms with E-state index in [1.54, 1.807) is 0 Å². The van der Waals surface area contributed by atoms with Gasteiger partial charge in [0.25, 0.3) is 0 Å². The monoisotopic (exact) mass is 224 g/mol. The van der Waals surface area contributed by atoms with Crippen LogP contribution >= 0.6 is 0 Å². The Labute approximate surface area is 103 Å². The summed E-state index contributed by atoms with van der Waals surface area (Å²) in [6.07, 6.45) is 10.1. The van der Waals surface area contributed by atoms with Crippen molar-refractivity contribution in [3.8, 4) is 0 Å². The molecule has 0 amide bonds. The van der Waals surface area contributed by atoms with E-state index < -0.39 is 0 Å². The third kappa shape index (κ3) is 4.11. The van der Waals surface area contributed by atoms with E-state index in [-0.39, 0.29) is 0 Å². The van der Waals surface area contributed by atoms with Gasteiger partial charge in [0.1, 0.15) is 0 Å². The molecule has 4 atom stereocenters. The molecule has 0 heterocycles. The quantitative estimate of drug-likeness (QED) is 0.498. The van der Waals surface area contributed by atoms with Crippen LogP contribution in [0.15, 0.2) is 0 Å². The largest absolute Gasteiger partial charge is 0.0651 e. The SMILES string of the molecule is CCC(C)CCCC1CC1(C)CC(C)CC. The Hall–Kier alpha value is 0. The van der Waals surface area contributed by atoms with E-state index in [0.717, 1.165) is 23.2 Å². The van der Waals surface area contributed by atoms with Gasteiger partial charge in [-0.3, -0.25) is 0 Å². The molecule has 0 aromatic heterocycles. The first-order valence-electron chi connectivity index (χ1n) is 7.51. The molecule has 0 nitrogen and oxygen atoms in total. The van der Waals surface area contributed by atoms with Gasteiger partial charge in [-0.25, -0.2) is 0 Å². The Bertz CT molecular complexity index is 196. The topological polar surface area (TPSA) is 0 Å². The number of rotatable bonds is 8. The van der Waals surface area contributed by atoms with E-state index >= 15 is 0 Å². The summed E-state index contributed by atoms with van der Waals surface area (Å²) in [7, 11) is 0. The number of hydrogen-bond acceptors (Lipinski definition) is 0. The Kier molecular flexibility index (Phi) is 5.34. The first-order valence-corrected chi connectivity index (χ1v) is 7.51. The van der Waals surface area contributed by atoms with Crippen molar-refractivity contribution in [2.24, 2.45) is 23.2 Å². The van der Waals surface area contributed by atoms with Crippen molar-refractivity contribution in [2.45, 2.75) is 79.6 Å². The van der Waals surface area contributed by atoms with Crippen LogP contribution in [0.25, 0.3) is 0 Å². The van der Waals surface area contributed by atoms with E-state index in [1.807, 2.05) is 0 Å². The summed E-state index contributed by atoms with van der Waals surface area (Å²) >= 11 is 0. The van der Waals surface area contributed by atoms with Gasteiger partial charge in [-0.2, -0.15) is 0 Å². The van der Waals surface area contributed by atoms with Gasteiger partial charge in [0, 0.05) is 0 Å². The summed E-state index contributed by atoms with van der Waals surface area (Å²) in [5.41, 5.74) is 0.727. The highest BCUT2D eigenvalue weighted by molar-refractivity contribution is 4.98. The lowest BCUT2D eigenvalue weighted by molar-refractivity contribution is 0.348. The molecule has 1 aliphatic carbocycles. The zero-order valence-electron chi connectivity index (χ0n) is 12.2. The van der Waals surface area contributed by atoms with Crippen LogP contribution in [0.5, 0.6) is 0 Å². The molecule has 16 heavy (non-hydrogen) atoms. The standard InChI is InChI=1S/C16H32/c1-6-13(3)9-8-10-15-12-16(15,5)11-14(4)7-2/h13-15H,6-12H2,1-5H3. The third-order valence-electron chi connectivity index (χ3n) is 5.00. The molecular formula is C16H32. The van der Waals surface area contributed by atoms with Crippen molar-refractivity contribution in [2.75, 3.05) is 0 Å². The summed E-state index contributed by atoms with van der Waals surface area (Å²) in [6.45, 7) is 12.0. The van der Waals surface area contributed by atoms with Crippen LogP contribution < -0.4 is 0 Å². The fraction of sp³-hybridized carbons (Fsp3) is 1.00. The van der Waals surface area contributed by atoms with Gasteiger partial charge in [0.2, 0.25) is 0 Å². The summed E-state index contributed by atoms with van der Waals surface area (Å²) in [4.78, 5) is 0. The molecule has 0 saturated heterocycles. The fourth-order valence-electron chi connectivity index (χ4n) is 3.06. The van der Waals surface area contributed by atoms with Gasteiger partial charge in [0.05, 0.1) is 0 Å². The molecule has 0 spiro atoms. The van der Waals surface area contributed by atoms with Crippen LogP contribution in [0, 0.1) is 23.2 Å². The summed E-state index contributed by atoms with van der Waals surface area (Å²) < 4.78 is 0. The molecule has 0 heteroatoms. The van der Waals surface area contributed by atoms with Crippen molar-refractivity contribution in [1.82, 2.24) is 0 Å². The van der Waals surface area contributed by atoms with Crippen LogP contribution in [0.3, 0.4) is 0 Å². The highest BCUT2D eigenvalue weighted by Crippen LogP contribution is 2.58. The molecule has 1 saturated carbocycles. The summed E-state index contributed by atoms with van der Waals surface area (Å²) in [6, 6.07) is 0. The molecule has 96 valence electrons. The maximum absolute atomic E-state index is 2.52. The smallest absolute Gasteiger partial charge is 0.0292 e. The third-order valence-corrected chi connectivity index (χ3v) is 5.00. The number of hydrogen-bond donors (Lipinski definition) is 0. The van der Waals surface area contributed by atoms with Gasteiger partial charge in [-0.1, -0.05) is 60.3 Å². The summed E-state index contributed by atoms with van der Waals surface area (Å²) in [5.74, 6) is 2.94. The van der Waals surface area contributed by atoms with Crippen molar-refractivity contribution in [3.63, 3.8) is 0 Å². The Morgan fingerprint density at radius 3 is 2.31 bits per heavy atom. The van der Waals surface area contributed by atoms with Crippen LogP contribution in [0.1, 0.15) is 79.6 Å². The maximum Gasteiger partial charge on any atom is -0.0292 e. The molecule has 0 aromatic carbocycles. The zero-order chi connectivity index (χ0) is 12.2. The van der Waals surface area contributed by atoms with Crippen LogP contribution in [-0.4, -0.2) is 0 Å². The van der Waals surface area contributed by atoms with Crippen molar-refractivity contribution < 1.29 is 0 Å².